The number of hydrogen-bond donors (Lipinski definition) is 14. The molecule has 1 aliphatic rings. The Hall–Kier alpha value is -14.2. The van der Waals surface area contributed by atoms with Crippen molar-refractivity contribution in [1.82, 2.24) is 53.2 Å². The molecule has 135 heavy (non-hydrogen) atoms. The second-order valence-electron chi connectivity index (χ2n) is 31.0. The lowest BCUT2D eigenvalue weighted by molar-refractivity contribution is -0.385. The largest absolute Gasteiger partial charge is 0.514 e. The van der Waals surface area contributed by atoms with Gasteiger partial charge in [-0.2, -0.15) is 0 Å². The van der Waals surface area contributed by atoms with E-state index in [-0.39, 0.29) is 184 Å². The lowest BCUT2D eigenvalue weighted by atomic mass is 10.0. The molecule has 4 aromatic rings. The number of anilines is 2. The molecule has 47 nitrogen and oxygen atoms in total. The molecule has 47 heteroatoms. The van der Waals surface area contributed by atoms with Gasteiger partial charge < -0.3 is 127 Å². The fraction of sp³-hybridized carbons (Fsp3) is 0.523. The van der Waals surface area contributed by atoms with Gasteiger partial charge in [0.05, 0.1) is 83.0 Å². The van der Waals surface area contributed by atoms with Crippen LogP contribution in [0.25, 0.3) is 0 Å². The van der Waals surface area contributed by atoms with Crippen molar-refractivity contribution < 1.29 is 139 Å². The Balaban J connectivity index is 1.22. The zero-order chi connectivity index (χ0) is 99.0. The molecule has 0 aliphatic heterocycles. The van der Waals surface area contributed by atoms with Gasteiger partial charge in [0.2, 0.25) is 59.1 Å². The summed E-state index contributed by atoms with van der Waals surface area (Å²) in [5.41, 5.74) is 11.4. The normalized spacial score (nSPS) is 13.4. The van der Waals surface area contributed by atoms with Crippen LogP contribution in [0, 0.1) is 43.9 Å². The van der Waals surface area contributed by atoms with E-state index in [4.69, 9.17) is 63.6 Å². The molecule has 738 valence electrons. The van der Waals surface area contributed by atoms with Crippen LogP contribution >= 0.6 is 0 Å². The standard InChI is InChI=1S/C88H120N16O31/c1-55(2)77(83(115)99-67(16-12-41-92-85(89)117)79(111)95-59-22-18-57(19-23-59)50-132-87(119)134-65-30-26-62(27-31-65)103(121)122)101-81(113)69(34-36-75(109)125-5)97-72(106)39-45-129-52-61(94-71(105)38-44-127-48-49-128-47-43-91-74(108)54-131-64-14-10-8-7-9-11-15-64)53-130-46-40-73(107)98-70(35-37-76(110)126-6)82(114)102-78(56(3)4)84(116)100-68(17-13-42-93-86(90)118)80(112)96-60-24-20-58(21-25-60)51-133-88(120)135-66-32-28-63(29-33-66)104(123)124/h18-33,55-56,61,64,67-70,77-78H,7-10,12-14,16-17,34-54H2,1-6H3,(H,91,108)(H,94,105)(H,95,111)(H,96,112)(H,97,106)(H,98,107)(H,99,115)(H,100,116)(H,101,113)(H,102,114)(H3,89,92,117)(H3,90,93,118)/t64?,67-,68-,69-,70-,77-,78-/m0/s1. The van der Waals surface area contributed by atoms with Crippen molar-refractivity contribution in [1.29, 1.82) is 0 Å². The summed E-state index contributed by atoms with van der Waals surface area (Å²) in [6.07, 6.45) is -0.431. The van der Waals surface area contributed by atoms with E-state index in [1.54, 1.807) is 27.7 Å². The number of non-ortho nitro benzene ring substituents is 2. The number of benzene rings is 4. The molecule has 5 rings (SSSR count). The van der Waals surface area contributed by atoms with E-state index >= 15 is 0 Å². The van der Waals surface area contributed by atoms with E-state index in [0.717, 1.165) is 70.6 Å². The number of urea groups is 2. The number of hydrogen-bond acceptors (Lipinski definition) is 31. The summed E-state index contributed by atoms with van der Waals surface area (Å²) in [5, 5.41) is 53.3. The van der Waals surface area contributed by atoms with Gasteiger partial charge in [-0.25, -0.2) is 19.2 Å². The van der Waals surface area contributed by atoms with Crippen molar-refractivity contribution in [3.63, 3.8) is 0 Å². The Labute approximate surface area is 777 Å². The van der Waals surface area contributed by atoms with Crippen LogP contribution in [0.5, 0.6) is 11.5 Å². The van der Waals surface area contributed by atoms with Gasteiger partial charge in [0.25, 0.3) is 11.4 Å². The Bertz CT molecular complexity index is 4390. The predicted molar refractivity (Wildman–Crippen MR) is 478 cm³/mol. The molecular formula is C88H120N16O31. The second-order valence-corrected chi connectivity index (χ2v) is 31.0. The van der Waals surface area contributed by atoms with Crippen LogP contribution in [0.4, 0.5) is 41.9 Å². The third kappa shape index (κ3) is 46.6. The van der Waals surface area contributed by atoms with Gasteiger partial charge in [-0.15, -0.1) is 5.92 Å². The summed E-state index contributed by atoms with van der Waals surface area (Å²) >= 11 is 0. The number of ether oxygens (including phenoxy) is 11. The number of rotatable bonds is 61. The van der Waals surface area contributed by atoms with Crippen molar-refractivity contribution in [3.05, 3.63) is 128 Å². The number of methoxy groups -OCH3 is 2. The van der Waals surface area contributed by atoms with Gasteiger partial charge in [-0.3, -0.25) is 77.8 Å². The summed E-state index contributed by atoms with van der Waals surface area (Å²) in [6, 6.07) is 10.3. The smallest absolute Gasteiger partial charge is 0.469 e. The maximum Gasteiger partial charge on any atom is 0.514 e. The van der Waals surface area contributed by atoms with E-state index in [1.807, 2.05) is 0 Å². The Morgan fingerprint density at radius 1 is 0.430 bits per heavy atom. The number of nitrogens with zero attached hydrogens (tertiary/aromatic N) is 2. The minimum absolute atomic E-state index is 0.00615. The Kier molecular flexibility index (Phi) is 51.3. The van der Waals surface area contributed by atoms with Crippen LogP contribution < -0.4 is 84.7 Å². The molecule has 0 fully saturated rings. The summed E-state index contributed by atoms with van der Waals surface area (Å²) in [5.74, 6) is -4.27. The van der Waals surface area contributed by atoms with Crippen LogP contribution in [0.1, 0.15) is 142 Å². The van der Waals surface area contributed by atoms with E-state index in [2.05, 4.69) is 75.6 Å². The number of carbonyl (C=O) groups is 16. The SMILES string of the molecule is COC(=O)CC[C@H](NC(=O)CCOCC(COCCC(=O)N[C@@H](CCC(=O)OC)C(=O)N[C@H](C(=O)N[C@@H](CCCNC(N)=O)C(=O)Nc1ccc(COC(=O)Oc2ccc([N+](=O)[O-])cc2)cc1)C(C)C)NC(=O)CCOCCOCCNC(=O)COC1C#CCCCCC1)C(=O)N[C@H](C(=O)N[C@@H](CCCNC(N)=O)C(=O)Nc1ccc(COC(=O)Oc2ccc([N+](=O)[O-])cc2)cc1)C(C)C. The molecule has 0 heterocycles. The molecular weight excluding hydrogens is 1780 g/mol. The van der Waals surface area contributed by atoms with E-state index < -0.39 is 179 Å². The summed E-state index contributed by atoms with van der Waals surface area (Å²) in [4.78, 5) is 232. The van der Waals surface area contributed by atoms with Crippen LogP contribution in [-0.2, 0) is 113 Å². The van der Waals surface area contributed by atoms with Gasteiger partial charge >= 0.3 is 36.3 Å². The average molecular weight is 1900 g/mol. The number of amides is 14. The maximum absolute atomic E-state index is 14.3. The van der Waals surface area contributed by atoms with E-state index in [1.165, 1.54) is 72.8 Å². The van der Waals surface area contributed by atoms with Crippen LogP contribution in [0.15, 0.2) is 97.1 Å². The van der Waals surface area contributed by atoms with Crippen molar-refractivity contribution in [2.24, 2.45) is 23.3 Å². The van der Waals surface area contributed by atoms with Gasteiger partial charge in [-0.05, 0) is 129 Å². The number of carbonyl (C=O) groups excluding carboxylic acids is 16. The van der Waals surface area contributed by atoms with Crippen molar-refractivity contribution in [3.8, 4) is 23.3 Å². The highest BCUT2D eigenvalue weighted by Gasteiger charge is 2.35. The van der Waals surface area contributed by atoms with Crippen LogP contribution in [-0.4, -0.2) is 247 Å². The molecule has 0 saturated carbocycles. The maximum atomic E-state index is 14.3. The summed E-state index contributed by atoms with van der Waals surface area (Å²) < 4.78 is 58.7. The first-order valence-electron chi connectivity index (χ1n) is 43.5. The first-order valence-corrected chi connectivity index (χ1v) is 43.5. The molecule has 0 radical (unpaired) electrons. The first-order chi connectivity index (χ1) is 64.6. The van der Waals surface area contributed by atoms with Gasteiger partial charge in [-0.1, -0.05) is 64.3 Å². The fourth-order valence-electron chi connectivity index (χ4n) is 12.4. The molecule has 0 bridgehead atoms. The highest BCUT2D eigenvalue weighted by Crippen LogP contribution is 2.23. The average Bonchev–Trinajstić information content (AvgIpc) is 0.856. The van der Waals surface area contributed by atoms with Gasteiger partial charge in [0, 0.05) is 93.8 Å². The molecule has 7 atom stereocenters. The minimum atomic E-state index is -1.49. The third-order valence-electron chi connectivity index (χ3n) is 19.7. The highest BCUT2D eigenvalue weighted by molar-refractivity contribution is 6.00. The van der Waals surface area contributed by atoms with Gasteiger partial charge in [0.15, 0.2) is 0 Å². The topological polar surface area (TPSA) is 657 Å². The molecule has 4 aromatic carbocycles. The molecule has 1 aliphatic carbocycles. The number of nitrogens with one attached hydrogen (secondary N) is 12. The fourth-order valence-corrected chi connectivity index (χ4v) is 12.4. The number of esters is 2. The summed E-state index contributed by atoms with van der Waals surface area (Å²) in [6.45, 7) is 4.62. The molecule has 1 unspecified atom stereocenters. The Morgan fingerprint density at radius 2 is 0.837 bits per heavy atom. The monoisotopic (exact) mass is 1900 g/mol. The number of primary amides is 2. The molecule has 16 N–H and O–H groups in total. The predicted octanol–water partition coefficient (Wildman–Crippen LogP) is 3.73. The van der Waals surface area contributed by atoms with Gasteiger partial charge in [0.1, 0.15) is 73.7 Å². The quantitative estimate of drug-likeness (QED) is 0.00569. The van der Waals surface area contributed by atoms with Crippen molar-refractivity contribution in [2.45, 2.75) is 192 Å². The minimum Gasteiger partial charge on any atom is -0.469 e. The molecule has 0 saturated heterocycles. The first kappa shape index (κ1) is 111. The van der Waals surface area contributed by atoms with E-state index in [0.29, 0.717) is 11.1 Å². The van der Waals surface area contributed by atoms with Crippen molar-refractivity contribution >= 4 is 118 Å². The third-order valence-corrected chi connectivity index (χ3v) is 19.7. The highest BCUT2D eigenvalue weighted by atomic mass is 16.7. The second kappa shape index (κ2) is 62.2. The zero-order valence-corrected chi connectivity index (χ0v) is 75.9. The molecule has 0 aromatic heterocycles. The molecule has 0 spiro atoms. The summed E-state index contributed by atoms with van der Waals surface area (Å²) in [7, 11) is 2.21. The number of nitro groups is 2. The van der Waals surface area contributed by atoms with E-state index in [9.17, 15) is 96.9 Å². The number of nitrogens with two attached hydrogens (primary N) is 2. The zero-order valence-electron chi connectivity index (χ0n) is 75.9. The van der Waals surface area contributed by atoms with Crippen LogP contribution in [0.3, 0.4) is 0 Å². The lowest BCUT2D eigenvalue weighted by Gasteiger charge is -2.27. The number of nitro benzene ring substituents is 2. The molecule has 14 amide bonds. The lowest BCUT2D eigenvalue weighted by Crippen LogP contribution is -2.58. The van der Waals surface area contributed by atoms with Crippen molar-refractivity contribution in [2.75, 3.05) is 104 Å². The van der Waals surface area contributed by atoms with Crippen LogP contribution in [0.2, 0.25) is 0 Å². The Morgan fingerprint density at radius 3 is 1.24 bits per heavy atom.